The second-order valence-electron chi connectivity index (χ2n) is 6.54. The van der Waals surface area contributed by atoms with Crippen molar-refractivity contribution < 1.29 is 9.84 Å². The predicted octanol–water partition coefficient (Wildman–Crippen LogP) is 3.81. The molecule has 1 saturated heterocycles. The summed E-state index contributed by atoms with van der Waals surface area (Å²) in [6.45, 7) is 2.63. The fourth-order valence-electron chi connectivity index (χ4n) is 3.78. The van der Waals surface area contributed by atoms with E-state index in [1.54, 1.807) is 0 Å². The zero-order chi connectivity index (χ0) is 15.4. The third-order valence-electron chi connectivity index (χ3n) is 4.99. The molecule has 3 rings (SSSR count). The van der Waals surface area contributed by atoms with Gasteiger partial charge in [-0.05, 0) is 37.3 Å². The highest BCUT2D eigenvalue weighted by Crippen LogP contribution is 2.28. The van der Waals surface area contributed by atoms with Crippen molar-refractivity contribution in [1.29, 1.82) is 0 Å². The van der Waals surface area contributed by atoms with Crippen molar-refractivity contribution in [2.45, 2.75) is 56.8 Å². The van der Waals surface area contributed by atoms with Crippen molar-refractivity contribution in [3.63, 3.8) is 0 Å². The van der Waals surface area contributed by atoms with Gasteiger partial charge in [-0.3, -0.25) is 4.90 Å². The number of nitrogens with zero attached hydrogens (tertiary/aromatic N) is 1. The van der Waals surface area contributed by atoms with Crippen molar-refractivity contribution in [3.8, 4) is 0 Å². The Morgan fingerprint density at radius 3 is 2.70 bits per heavy atom. The quantitative estimate of drug-likeness (QED) is 0.810. The van der Waals surface area contributed by atoms with Crippen LogP contribution in [0, 0.1) is 0 Å². The van der Waals surface area contributed by atoms with E-state index in [1.807, 2.05) is 6.07 Å². The molecule has 130 valence electrons. The highest BCUT2D eigenvalue weighted by Gasteiger charge is 2.34. The number of aliphatic hydroxyl groups excluding tert-OH is 1. The smallest absolute Gasteiger partial charge is 0.0730 e. The molecule has 2 unspecified atom stereocenters. The summed E-state index contributed by atoms with van der Waals surface area (Å²) in [6.07, 6.45) is 7.01. The van der Waals surface area contributed by atoms with E-state index in [-0.39, 0.29) is 18.5 Å². The Bertz CT molecular complexity index is 488. The number of hydrogen-bond donors (Lipinski definition) is 1. The summed E-state index contributed by atoms with van der Waals surface area (Å²) in [7, 11) is 0. The molecule has 3 nitrogen and oxygen atoms in total. The van der Waals surface area contributed by atoms with Crippen molar-refractivity contribution >= 4 is 28.3 Å². The van der Waals surface area contributed by atoms with Crippen LogP contribution in [0.3, 0.4) is 0 Å². The summed E-state index contributed by atoms with van der Waals surface area (Å²) in [5.41, 5.74) is 1.31. The summed E-state index contributed by atoms with van der Waals surface area (Å²) in [4.78, 5) is 2.45. The molecule has 1 aromatic carbocycles. The van der Waals surface area contributed by atoms with Crippen LogP contribution < -0.4 is 0 Å². The van der Waals surface area contributed by atoms with Crippen molar-refractivity contribution in [3.05, 3.63) is 34.3 Å². The standard InChI is InChI=1S/C18H26BrNO2.ClH/c19-16-6-2-1-5-14(16)10-12-22-18-8-4-3-7-17(18)20-11-9-15(21)13-20;/h1-2,5-6,15,17-18,21H,3-4,7-13H2;1H/t15?,17?,18-;/m0./s1. The normalized spacial score (nSPS) is 28.5. The minimum absolute atomic E-state index is 0. The monoisotopic (exact) mass is 403 g/mol. The number of ether oxygens (including phenoxy) is 1. The van der Waals surface area contributed by atoms with E-state index in [9.17, 15) is 5.11 Å². The fourth-order valence-corrected chi connectivity index (χ4v) is 4.26. The van der Waals surface area contributed by atoms with Gasteiger partial charge in [0.25, 0.3) is 0 Å². The molecular formula is C18H27BrClNO2. The van der Waals surface area contributed by atoms with E-state index in [4.69, 9.17) is 4.74 Å². The molecule has 0 amide bonds. The molecule has 2 fully saturated rings. The summed E-state index contributed by atoms with van der Waals surface area (Å²) < 4.78 is 7.43. The highest BCUT2D eigenvalue weighted by atomic mass is 79.9. The summed E-state index contributed by atoms with van der Waals surface area (Å²) >= 11 is 3.60. The Balaban J connectivity index is 0.00000192. The van der Waals surface area contributed by atoms with Gasteiger partial charge in [0, 0.05) is 23.6 Å². The number of aliphatic hydroxyl groups is 1. The molecule has 2 aliphatic rings. The summed E-state index contributed by atoms with van der Waals surface area (Å²) in [5.74, 6) is 0. The highest BCUT2D eigenvalue weighted by molar-refractivity contribution is 9.10. The fraction of sp³-hybridized carbons (Fsp3) is 0.667. The number of rotatable bonds is 5. The first-order chi connectivity index (χ1) is 10.7. The molecule has 1 N–H and O–H groups in total. The predicted molar refractivity (Wildman–Crippen MR) is 99.3 cm³/mol. The maximum atomic E-state index is 9.78. The van der Waals surface area contributed by atoms with Gasteiger partial charge < -0.3 is 9.84 Å². The minimum atomic E-state index is -0.136. The van der Waals surface area contributed by atoms with E-state index in [1.165, 1.54) is 29.3 Å². The zero-order valence-corrected chi connectivity index (χ0v) is 15.9. The first-order valence-corrected chi connectivity index (χ1v) is 9.30. The Labute approximate surface area is 153 Å². The third kappa shape index (κ3) is 5.17. The first kappa shape index (κ1) is 19.2. The van der Waals surface area contributed by atoms with Crippen molar-refractivity contribution in [2.75, 3.05) is 19.7 Å². The average Bonchev–Trinajstić information content (AvgIpc) is 2.96. The van der Waals surface area contributed by atoms with Gasteiger partial charge in [0.05, 0.1) is 18.8 Å². The van der Waals surface area contributed by atoms with E-state index in [0.717, 1.165) is 39.0 Å². The van der Waals surface area contributed by atoms with Crippen LogP contribution in [0.4, 0.5) is 0 Å². The lowest BCUT2D eigenvalue weighted by atomic mass is 9.91. The third-order valence-corrected chi connectivity index (χ3v) is 5.77. The lowest BCUT2D eigenvalue weighted by Gasteiger charge is -2.37. The molecule has 1 heterocycles. The maximum absolute atomic E-state index is 9.78. The molecule has 0 radical (unpaired) electrons. The lowest BCUT2D eigenvalue weighted by Crippen LogP contribution is -2.46. The topological polar surface area (TPSA) is 32.7 Å². The van der Waals surface area contributed by atoms with Gasteiger partial charge >= 0.3 is 0 Å². The number of hydrogen-bond acceptors (Lipinski definition) is 3. The van der Waals surface area contributed by atoms with Gasteiger partial charge in [0.1, 0.15) is 0 Å². The molecule has 1 aliphatic carbocycles. The van der Waals surface area contributed by atoms with Crippen LogP contribution in [0.25, 0.3) is 0 Å². The molecule has 0 aromatic heterocycles. The van der Waals surface area contributed by atoms with E-state index >= 15 is 0 Å². The first-order valence-electron chi connectivity index (χ1n) is 8.51. The molecule has 5 heteroatoms. The van der Waals surface area contributed by atoms with Crippen LogP contribution in [0.1, 0.15) is 37.7 Å². The Hall–Kier alpha value is -0.130. The SMILES string of the molecule is Cl.OC1CCN(C2CCCC[C@@H]2OCCc2ccccc2Br)C1. The van der Waals surface area contributed by atoms with Crippen LogP contribution in [0.15, 0.2) is 28.7 Å². The Morgan fingerprint density at radius 2 is 1.96 bits per heavy atom. The number of benzene rings is 1. The van der Waals surface area contributed by atoms with Crippen LogP contribution in [-0.2, 0) is 11.2 Å². The van der Waals surface area contributed by atoms with Gasteiger partial charge in [0.15, 0.2) is 0 Å². The zero-order valence-electron chi connectivity index (χ0n) is 13.5. The second kappa shape index (κ2) is 9.38. The van der Waals surface area contributed by atoms with Crippen LogP contribution >= 0.6 is 28.3 Å². The van der Waals surface area contributed by atoms with Gasteiger partial charge in [0.2, 0.25) is 0 Å². The molecule has 1 aliphatic heterocycles. The maximum Gasteiger partial charge on any atom is 0.0730 e. The van der Waals surface area contributed by atoms with E-state index in [0.29, 0.717) is 12.1 Å². The van der Waals surface area contributed by atoms with Crippen molar-refractivity contribution in [1.82, 2.24) is 4.90 Å². The Kier molecular flexibility index (Phi) is 7.83. The van der Waals surface area contributed by atoms with Gasteiger partial charge in [-0.25, -0.2) is 0 Å². The molecule has 23 heavy (non-hydrogen) atoms. The number of likely N-dealkylation sites (tertiary alicyclic amines) is 1. The largest absolute Gasteiger partial charge is 0.392 e. The summed E-state index contributed by atoms with van der Waals surface area (Å²) in [5, 5.41) is 9.78. The molecule has 3 atom stereocenters. The average molecular weight is 405 g/mol. The minimum Gasteiger partial charge on any atom is -0.392 e. The molecule has 0 bridgehead atoms. The molecule has 0 spiro atoms. The number of halogens is 2. The van der Waals surface area contributed by atoms with E-state index in [2.05, 4.69) is 39.0 Å². The number of β-amino-alcohol motifs (C(OH)–C–C–N with tert-alkyl or cyclic N) is 1. The van der Waals surface area contributed by atoms with Crippen LogP contribution in [-0.4, -0.2) is 48.0 Å². The van der Waals surface area contributed by atoms with Gasteiger partial charge in [-0.15, -0.1) is 12.4 Å². The molecule has 1 saturated carbocycles. The van der Waals surface area contributed by atoms with Crippen molar-refractivity contribution in [2.24, 2.45) is 0 Å². The second-order valence-corrected chi connectivity index (χ2v) is 7.39. The van der Waals surface area contributed by atoms with E-state index < -0.39 is 0 Å². The van der Waals surface area contributed by atoms with Crippen LogP contribution in [0.2, 0.25) is 0 Å². The lowest BCUT2D eigenvalue weighted by molar-refractivity contribution is -0.0316. The van der Waals surface area contributed by atoms with Gasteiger partial charge in [-0.2, -0.15) is 0 Å². The summed E-state index contributed by atoms with van der Waals surface area (Å²) in [6, 6.07) is 8.87. The molecule has 1 aromatic rings. The van der Waals surface area contributed by atoms with Gasteiger partial charge in [-0.1, -0.05) is 47.0 Å². The molecular weight excluding hydrogens is 378 g/mol. The Morgan fingerprint density at radius 1 is 1.17 bits per heavy atom. The van der Waals surface area contributed by atoms with Crippen LogP contribution in [0.5, 0.6) is 0 Å².